The van der Waals surface area contributed by atoms with Gasteiger partial charge in [0.25, 0.3) is 0 Å². The van der Waals surface area contributed by atoms with Crippen molar-refractivity contribution in [2.75, 3.05) is 11.4 Å². The third-order valence-electron chi connectivity index (χ3n) is 4.67. The molecule has 0 bridgehead atoms. The number of hydrogen-bond donors (Lipinski definition) is 0. The van der Waals surface area contributed by atoms with Gasteiger partial charge in [0.15, 0.2) is 11.6 Å². The van der Waals surface area contributed by atoms with E-state index in [1.54, 1.807) is 0 Å². The number of rotatable bonds is 1. The molecule has 2 heterocycles. The van der Waals surface area contributed by atoms with Crippen LogP contribution in [0.5, 0.6) is 0 Å². The molecule has 12 heteroatoms. The van der Waals surface area contributed by atoms with Crippen molar-refractivity contribution in [3.63, 3.8) is 0 Å². The monoisotopic (exact) mass is 425 g/mol. The summed E-state index contributed by atoms with van der Waals surface area (Å²) in [7, 11) is 0. The van der Waals surface area contributed by atoms with Gasteiger partial charge in [-0.1, -0.05) is 12.1 Å². The Balaban J connectivity index is 1.76. The first-order chi connectivity index (χ1) is 14.2. The molecule has 1 amide bonds. The van der Waals surface area contributed by atoms with Gasteiger partial charge in [0.2, 0.25) is 0 Å². The van der Waals surface area contributed by atoms with Crippen molar-refractivity contribution in [1.82, 2.24) is 19.8 Å². The Morgan fingerprint density at radius 3 is 2.40 bits per heavy atom. The maximum atomic E-state index is 14.0. The molecule has 0 saturated carbocycles. The number of anilines is 1. The third kappa shape index (κ3) is 3.23. The number of fused-ring (bicyclic) bond motifs is 1. The van der Waals surface area contributed by atoms with E-state index in [2.05, 4.69) is 10.4 Å². The highest BCUT2D eigenvalue weighted by Gasteiger charge is 2.34. The molecule has 4 rings (SSSR count). The predicted molar refractivity (Wildman–Crippen MR) is 93.4 cm³/mol. The van der Waals surface area contributed by atoms with Gasteiger partial charge in [-0.15, -0.1) is 4.68 Å². The van der Waals surface area contributed by atoms with Gasteiger partial charge in [0.05, 0.1) is 5.56 Å². The second kappa shape index (κ2) is 7.04. The van der Waals surface area contributed by atoms with E-state index in [0.717, 1.165) is 35.2 Å². The van der Waals surface area contributed by atoms with E-state index in [1.165, 1.54) is 6.07 Å². The highest BCUT2D eigenvalue weighted by Crippen LogP contribution is 2.35. The Labute approximate surface area is 164 Å². The number of para-hydroxylation sites is 1. The largest absolute Gasteiger partial charge is 0.416 e. The van der Waals surface area contributed by atoms with E-state index < -0.39 is 40.8 Å². The van der Waals surface area contributed by atoms with Crippen molar-refractivity contribution in [2.45, 2.75) is 19.0 Å². The van der Waals surface area contributed by atoms with Gasteiger partial charge >= 0.3 is 17.9 Å². The highest BCUT2D eigenvalue weighted by molar-refractivity contribution is 5.94. The summed E-state index contributed by atoms with van der Waals surface area (Å²) in [5.74, 6) is -2.20. The van der Waals surface area contributed by atoms with E-state index in [9.17, 15) is 31.5 Å². The molecule has 2 aromatic carbocycles. The molecule has 1 aliphatic rings. The number of tetrazole rings is 1. The van der Waals surface area contributed by atoms with Crippen LogP contribution in [0.3, 0.4) is 0 Å². The zero-order valence-electron chi connectivity index (χ0n) is 15.0. The van der Waals surface area contributed by atoms with Crippen LogP contribution in [-0.2, 0) is 12.6 Å². The third-order valence-corrected chi connectivity index (χ3v) is 4.67. The summed E-state index contributed by atoms with van der Waals surface area (Å²) in [5, 5.41) is 6.71. The van der Waals surface area contributed by atoms with Crippen molar-refractivity contribution >= 4 is 11.7 Å². The molecule has 1 aromatic heterocycles. The number of nitrogens with zero attached hydrogens (tertiary/aromatic N) is 5. The normalized spacial score (nSPS) is 14.0. The summed E-state index contributed by atoms with van der Waals surface area (Å²) in [6, 6.07) is 4.79. The molecule has 1 aliphatic heterocycles. The van der Waals surface area contributed by atoms with Gasteiger partial charge in [0, 0.05) is 12.2 Å². The molecule has 0 radical (unpaired) electrons. The summed E-state index contributed by atoms with van der Waals surface area (Å²) in [4.78, 5) is 26.4. The van der Waals surface area contributed by atoms with Crippen LogP contribution in [0.25, 0.3) is 5.69 Å². The maximum Gasteiger partial charge on any atom is 0.416 e. The summed E-state index contributed by atoms with van der Waals surface area (Å²) in [6.07, 6.45) is -3.74. The standard InChI is InChI=1S/C18H12F5N5O2/c19-12-4-1-5-13(20)15(12)27-17(30)28(25-24-27)16(29)26-8-2-3-10-6-7-11(9-14(10)26)18(21,22)23/h1,4-7,9H,2-3,8H2. The average molecular weight is 425 g/mol. The van der Waals surface area contributed by atoms with Gasteiger partial charge < -0.3 is 0 Å². The number of halogens is 5. The van der Waals surface area contributed by atoms with Crippen molar-refractivity contribution < 1.29 is 26.7 Å². The fourth-order valence-electron chi connectivity index (χ4n) is 3.26. The van der Waals surface area contributed by atoms with Gasteiger partial charge in [0.1, 0.15) is 5.69 Å². The molecule has 0 spiro atoms. The van der Waals surface area contributed by atoms with E-state index >= 15 is 0 Å². The highest BCUT2D eigenvalue weighted by atomic mass is 19.4. The summed E-state index contributed by atoms with van der Waals surface area (Å²) in [5.41, 5.74) is -2.56. The second-order valence-corrected chi connectivity index (χ2v) is 6.53. The molecule has 156 valence electrons. The first kappa shape index (κ1) is 19.7. The van der Waals surface area contributed by atoms with Gasteiger partial charge in [-0.3, -0.25) is 4.90 Å². The van der Waals surface area contributed by atoms with Crippen molar-refractivity contribution in [1.29, 1.82) is 0 Å². The molecular formula is C18H12F5N5O2. The number of amides is 1. The Bertz CT molecular complexity index is 1180. The Hall–Kier alpha value is -3.57. The van der Waals surface area contributed by atoms with Gasteiger partial charge in [-0.2, -0.15) is 17.9 Å². The fourth-order valence-corrected chi connectivity index (χ4v) is 3.26. The van der Waals surface area contributed by atoms with E-state index in [0.29, 0.717) is 18.4 Å². The van der Waals surface area contributed by atoms with Crippen molar-refractivity contribution in [3.8, 4) is 5.69 Å². The molecule has 7 nitrogen and oxygen atoms in total. The first-order valence-electron chi connectivity index (χ1n) is 8.70. The quantitative estimate of drug-likeness (QED) is 0.444. The Morgan fingerprint density at radius 2 is 1.73 bits per heavy atom. The lowest BCUT2D eigenvalue weighted by Gasteiger charge is -2.29. The topological polar surface area (TPSA) is 73.0 Å². The minimum atomic E-state index is -4.62. The molecule has 30 heavy (non-hydrogen) atoms. The van der Waals surface area contributed by atoms with Crippen LogP contribution < -0.4 is 10.6 Å². The number of alkyl halides is 3. The van der Waals surface area contributed by atoms with Crippen LogP contribution in [0.4, 0.5) is 32.4 Å². The molecule has 0 N–H and O–H groups in total. The van der Waals surface area contributed by atoms with Crippen LogP contribution in [0, 0.1) is 11.6 Å². The molecule has 0 saturated heterocycles. The molecule has 0 aliphatic carbocycles. The number of aryl methyl sites for hydroxylation is 1. The minimum absolute atomic E-state index is 0.0143. The summed E-state index contributed by atoms with van der Waals surface area (Å²) >= 11 is 0. The number of benzene rings is 2. The lowest BCUT2D eigenvalue weighted by molar-refractivity contribution is -0.137. The second-order valence-electron chi connectivity index (χ2n) is 6.53. The number of aromatic nitrogens is 4. The van der Waals surface area contributed by atoms with Crippen LogP contribution >= 0.6 is 0 Å². The van der Waals surface area contributed by atoms with Gasteiger partial charge in [-0.25, -0.2) is 18.4 Å². The van der Waals surface area contributed by atoms with Crippen molar-refractivity contribution in [3.05, 3.63) is 69.6 Å². The van der Waals surface area contributed by atoms with Crippen LogP contribution in [0.1, 0.15) is 17.5 Å². The van der Waals surface area contributed by atoms with Crippen LogP contribution in [0.15, 0.2) is 41.2 Å². The van der Waals surface area contributed by atoms with Crippen LogP contribution in [0.2, 0.25) is 0 Å². The zero-order valence-corrected chi connectivity index (χ0v) is 15.0. The van der Waals surface area contributed by atoms with Crippen molar-refractivity contribution in [2.24, 2.45) is 0 Å². The Kier molecular flexibility index (Phi) is 4.63. The SMILES string of the molecule is O=C(N1CCCc2ccc(C(F)(F)F)cc21)n1nnn(-c2c(F)cccc2F)c1=O. The number of hydrogen-bond acceptors (Lipinski definition) is 4. The lowest BCUT2D eigenvalue weighted by Crippen LogP contribution is -2.43. The maximum absolute atomic E-state index is 14.0. The summed E-state index contributed by atoms with van der Waals surface area (Å²) in [6.45, 7) is 0.0283. The van der Waals surface area contributed by atoms with E-state index in [-0.39, 0.29) is 21.6 Å². The molecule has 0 unspecified atom stereocenters. The number of carbonyl (C=O) groups is 1. The molecule has 0 fully saturated rings. The predicted octanol–water partition coefficient (Wildman–Crippen LogP) is 3.15. The first-order valence-corrected chi connectivity index (χ1v) is 8.70. The Morgan fingerprint density at radius 1 is 1.03 bits per heavy atom. The smallest absolute Gasteiger partial charge is 0.292 e. The van der Waals surface area contributed by atoms with E-state index in [4.69, 9.17) is 0 Å². The van der Waals surface area contributed by atoms with E-state index in [1.807, 2.05) is 0 Å². The molecular weight excluding hydrogens is 413 g/mol. The lowest BCUT2D eigenvalue weighted by atomic mass is 9.99. The number of carbonyl (C=O) groups excluding carboxylic acids is 1. The fraction of sp³-hybridized carbons (Fsp3) is 0.222. The molecule has 3 aromatic rings. The van der Waals surface area contributed by atoms with Gasteiger partial charge in [-0.05, 0) is 53.1 Å². The molecule has 0 atom stereocenters. The minimum Gasteiger partial charge on any atom is -0.292 e. The van der Waals surface area contributed by atoms with Crippen LogP contribution in [-0.4, -0.2) is 32.4 Å². The zero-order chi connectivity index (χ0) is 21.6. The summed E-state index contributed by atoms with van der Waals surface area (Å²) < 4.78 is 67.7. The average Bonchev–Trinajstić information content (AvgIpc) is 3.07.